The number of benzene rings is 3. The topological polar surface area (TPSA) is 88.1 Å². The van der Waals surface area contributed by atoms with Crippen molar-refractivity contribution in [3.05, 3.63) is 90.5 Å². The van der Waals surface area contributed by atoms with Crippen molar-refractivity contribution < 1.29 is 17.9 Å². The molecule has 35 heavy (non-hydrogen) atoms. The van der Waals surface area contributed by atoms with E-state index in [-0.39, 0.29) is 10.3 Å². The minimum atomic E-state index is -4.01. The number of anilines is 1. The van der Waals surface area contributed by atoms with Gasteiger partial charge in [0.25, 0.3) is 15.9 Å². The summed E-state index contributed by atoms with van der Waals surface area (Å²) in [5, 5.41) is 4.24. The summed E-state index contributed by atoms with van der Waals surface area (Å²) < 4.78 is 33.0. The van der Waals surface area contributed by atoms with Gasteiger partial charge in [0.05, 0.1) is 17.7 Å². The van der Waals surface area contributed by atoms with Crippen LogP contribution in [0.25, 0.3) is 0 Å². The van der Waals surface area contributed by atoms with Gasteiger partial charge in [0, 0.05) is 5.71 Å². The highest BCUT2D eigenvalue weighted by molar-refractivity contribution is 7.92. The first-order valence-corrected chi connectivity index (χ1v) is 12.7. The Hall–Kier alpha value is -3.65. The van der Waals surface area contributed by atoms with Gasteiger partial charge in [0.1, 0.15) is 12.3 Å². The summed E-state index contributed by atoms with van der Waals surface area (Å²) in [6.07, 6.45) is 0.629. The SMILES string of the molecule is COc1ccc(S(=O)(=O)N(CC(=O)N/N=C(/C)CC(C)(C)c2ccccc2)c2ccccc2)cc1. The van der Waals surface area contributed by atoms with Gasteiger partial charge >= 0.3 is 0 Å². The Balaban J connectivity index is 1.77. The fourth-order valence-corrected chi connectivity index (χ4v) is 5.20. The molecule has 0 saturated heterocycles. The molecule has 3 aromatic carbocycles. The van der Waals surface area contributed by atoms with E-state index in [4.69, 9.17) is 4.74 Å². The zero-order valence-corrected chi connectivity index (χ0v) is 21.2. The number of carbonyl (C=O) groups is 1. The zero-order chi connectivity index (χ0) is 25.5. The number of sulfonamides is 1. The van der Waals surface area contributed by atoms with Crippen molar-refractivity contribution in [2.75, 3.05) is 18.0 Å². The van der Waals surface area contributed by atoms with Gasteiger partial charge in [0.15, 0.2) is 0 Å². The fraction of sp³-hybridized carbons (Fsp3) is 0.259. The fourth-order valence-electron chi connectivity index (χ4n) is 3.78. The van der Waals surface area contributed by atoms with Crippen LogP contribution < -0.4 is 14.5 Å². The molecule has 0 spiro atoms. The Morgan fingerprint density at radius 1 is 0.943 bits per heavy atom. The summed E-state index contributed by atoms with van der Waals surface area (Å²) >= 11 is 0. The Morgan fingerprint density at radius 2 is 1.51 bits per heavy atom. The van der Waals surface area contributed by atoms with E-state index in [1.807, 2.05) is 25.1 Å². The van der Waals surface area contributed by atoms with Gasteiger partial charge < -0.3 is 4.74 Å². The lowest BCUT2D eigenvalue weighted by atomic mass is 9.80. The largest absolute Gasteiger partial charge is 0.497 e. The lowest BCUT2D eigenvalue weighted by Crippen LogP contribution is -2.39. The third-order valence-electron chi connectivity index (χ3n) is 5.60. The smallest absolute Gasteiger partial charge is 0.264 e. The summed E-state index contributed by atoms with van der Waals surface area (Å²) in [6, 6.07) is 24.6. The van der Waals surface area contributed by atoms with Crippen molar-refractivity contribution in [2.24, 2.45) is 5.10 Å². The van der Waals surface area contributed by atoms with Crippen LogP contribution in [-0.4, -0.2) is 33.7 Å². The zero-order valence-electron chi connectivity index (χ0n) is 20.4. The summed E-state index contributed by atoms with van der Waals surface area (Å²) in [6.45, 7) is 5.65. The highest BCUT2D eigenvalue weighted by atomic mass is 32.2. The Morgan fingerprint density at radius 3 is 2.09 bits per heavy atom. The first kappa shape index (κ1) is 26.0. The number of carbonyl (C=O) groups excluding carboxylic acids is 1. The predicted octanol–water partition coefficient (Wildman–Crippen LogP) is 4.75. The van der Waals surface area contributed by atoms with Crippen molar-refractivity contribution in [3.63, 3.8) is 0 Å². The molecule has 7 nitrogen and oxygen atoms in total. The Kier molecular flexibility index (Phi) is 8.30. The molecule has 0 bridgehead atoms. The van der Waals surface area contributed by atoms with Crippen LogP contribution in [0.1, 0.15) is 32.8 Å². The van der Waals surface area contributed by atoms with E-state index < -0.39 is 22.5 Å². The molecule has 0 radical (unpaired) electrons. The number of para-hydroxylation sites is 1. The molecule has 1 amide bonds. The van der Waals surface area contributed by atoms with Gasteiger partial charge in [-0.25, -0.2) is 13.8 Å². The average molecular weight is 494 g/mol. The van der Waals surface area contributed by atoms with E-state index in [1.54, 1.807) is 42.5 Å². The second-order valence-electron chi connectivity index (χ2n) is 8.83. The van der Waals surface area contributed by atoms with Crippen molar-refractivity contribution in [3.8, 4) is 5.75 Å². The Labute approximate surface area is 207 Å². The van der Waals surface area contributed by atoms with Crippen LogP contribution >= 0.6 is 0 Å². The van der Waals surface area contributed by atoms with Crippen molar-refractivity contribution >= 4 is 27.3 Å². The number of hydrogen-bond donors (Lipinski definition) is 1. The molecule has 1 N–H and O–H groups in total. The summed E-state index contributed by atoms with van der Waals surface area (Å²) in [7, 11) is -2.50. The van der Waals surface area contributed by atoms with Gasteiger partial charge in [-0.15, -0.1) is 0 Å². The first-order chi connectivity index (χ1) is 16.6. The van der Waals surface area contributed by atoms with Gasteiger partial charge in [-0.3, -0.25) is 9.10 Å². The van der Waals surface area contributed by atoms with E-state index in [0.29, 0.717) is 17.9 Å². The second kappa shape index (κ2) is 11.2. The maximum atomic E-state index is 13.4. The normalized spacial score (nSPS) is 12.2. The summed E-state index contributed by atoms with van der Waals surface area (Å²) in [5.74, 6) is -0.000926. The highest BCUT2D eigenvalue weighted by Crippen LogP contribution is 2.27. The van der Waals surface area contributed by atoms with Crippen LogP contribution in [0.4, 0.5) is 5.69 Å². The first-order valence-electron chi connectivity index (χ1n) is 11.2. The van der Waals surface area contributed by atoms with E-state index >= 15 is 0 Å². The Bertz CT molecular complexity index is 1260. The number of ether oxygens (including phenoxy) is 1. The number of nitrogens with one attached hydrogen (secondary N) is 1. The molecule has 0 aliphatic rings. The molecule has 0 atom stereocenters. The monoisotopic (exact) mass is 493 g/mol. The molecule has 0 aliphatic carbocycles. The van der Waals surface area contributed by atoms with Gasteiger partial charge in [-0.1, -0.05) is 62.4 Å². The quantitative estimate of drug-likeness (QED) is 0.326. The number of hydrazone groups is 1. The van der Waals surface area contributed by atoms with Crippen LogP contribution in [0, 0.1) is 0 Å². The third-order valence-corrected chi connectivity index (χ3v) is 7.39. The third kappa shape index (κ3) is 6.70. The predicted molar refractivity (Wildman–Crippen MR) is 139 cm³/mol. The lowest BCUT2D eigenvalue weighted by molar-refractivity contribution is -0.119. The molecular weight excluding hydrogens is 462 g/mol. The van der Waals surface area contributed by atoms with Crippen molar-refractivity contribution in [1.82, 2.24) is 5.43 Å². The molecule has 0 fully saturated rings. The van der Waals surface area contributed by atoms with E-state index in [0.717, 1.165) is 10.0 Å². The molecular formula is C27H31N3O4S. The van der Waals surface area contributed by atoms with E-state index in [1.165, 1.54) is 24.8 Å². The van der Waals surface area contributed by atoms with Gasteiger partial charge in [-0.2, -0.15) is 5.10 Å². The molecule has 0 saturated carbocycles. The number of nitrogens with zero attached hydrogens (tertiary/aromatic N) is 2. The number of rotatable bonds is 10. The number of methoxy groups -OCH3 is 1. The minimum Gasteiger partial charge on any atom is -0.497 e. The molecule has 3 rings (SSSR count). The standard InChI is InChI=1S/C27H31N3O4S/c1-21(19-27(2,3)22-11-7-5-8-12-22)28-29-26(31)20-30(23-13-9-6-10-14-23)35(32,33)25-17-15-24(34-4)16-18-25/h5-18H,19-20H2,1-4H3,(H,29,31)/b28-21-. The van der Waals surface area contributed by atoms with Crippen LogP contribution in [0.15, 0.2) is 94.9 Å². The molecule has 0 unspecified atom stereocenters. The second-order valence-corrected chi connectivity index (χ2v) is 10.7. The molecule has 3 aromatic rings. The van der Waals surface area contributed by atoms with Gasteiger partial charge in [-0.05, 0) is 60.7 Å². The molecule has 0 heterocycles. The number of hydrogen-bond acceptors (Lipinski definition) is 5. The maximum Gasteiger partial charge on any atom is 0.264 e. The van der Waals surface area contributed by atoms with E-state index in [9.17, 15) is 13.2 Å². The van der Waals surface area contributed by atoms with Crippen molar-refractivity contribution in [2.45, 2.75) is 37.5 Å². The van der Waals surface area contributed by atoms with Crippen molar-refractivity contribution in [1.29, 1.82) is 0 Å². The summed E-state index contributed by atoms with van der Waals surface area (Å²) in [4.78, 5) is 12.9. The molecule has 184 valence electrons. The minimum absolute atomic E-state index is 0.0549. The van der Waals surface area contributed by atoms with E-state index in [2.05, 4.69) is 36.5 Å². The average Bonchev–Trinajstić information content (AvgIpc) is 2.86. The van der Waals surface area contributed by atoms with Crippen LogP contribution in [-0.2, 0) is 20.2 Å². The van der Waals surface area contributed by atoms with Crippen LogP contribution in [0.3, 0.4) is 0 Å². The lowest BCUT2D eigenvalue weighted by Gasteiger charge is -2.25. The molecule has 0 aliphatic heterocycles. The highest BCUT2D eigenvalue weighted by Gasteiger charge is 2.27. The number of amides is 1. The molecule has 8 heteroatoms. The van der Waals surface area contributed by atoms with Gasteiger partial charge in [0.2, 0.25) is 0 Å². The van der Waals surface area contributed by atoms with Crippen LogP contribution in [0.2, 0.25) is 0 Å². The summed E-state index contributed by atoms with van der Waals surface area (Å²) in [5.41, 5.74) is 4.63. The van der Waals surface area contributed by atoms with Crippen LogP contribution in [0.5, 0.6) is 5.75 Å². The maximum absolute atomic E-state index is 13.4. The molecule has 0 aromatic heterocycles.